The zero-order chi connectivity index (χ0) is 22.1. The van der Waals surface area contributed by atoms with Crippen LogP contribution >= 0.6 is 27.5 Å². The molecule has 3 aromatic rings. The van der Waals surface area contributed by atoms with Crippen molar-refractivity contribution in [2.75, 3.05) is 6.61 Å². The number of hydrogen-bond donors (Lipinski definition) is 1. The van der Waals surface area contributed by atoms with Crippen molar-refractivity contribution < 1.29 is 9.47 Å². The van der Waals surface area contributed by atoms with E-state index < -0.39 is 0 Å². The molecule has 7 heteroatoms. The van der Waals surface area contributed by atoms with Gasteiger partial charge < -0.3 is 14.9 Å². The normalized spacial score (nSPS) is 10.6. The molecule has 0 heterocycles. The average Bonchev–Trinajstić information content (AvgIpc) is 2.78. The Bertz CT molecular complexity index is 1090. The fourth-order valence-electron chi connectivity index (χ4n) is 2.79. The van der Waals surface area contributed by atoms with Gasteiger partial charge in [0, 0.05) is 5.02 Å². The first-order valence-electron chi connectivity index (χ1n) is 9.68. The topological polar surface area (TPSA) is 66.6 Å². The molecule has 3 aromatic carbocycles. The quantitative estimate of drug-likeness (QED) is 0.287. The van der Waals surface area contributed by atoms with Crippen molar-refractivity contribution in [2.24, 2.45) is 5.10 Å². The molecule has 158 valence electrons. The first-order valence-corrected chi connectivity index (χ1v) is 10.8. The molecule has 0 saturated carbocycles. The van der Waals surface area contributed by atoms with Crippen molar-refractivity contribution in [1.29, 1.82) is 5.26 Å². The molecule has 0 fully saturated rings. The molecule has 0 aliphatic carbocycles. The molecule has 5 nitrogen and oxygen atoms in total. The van der Waals surface area contributed by atoms with Gasteiger partial charge in [0.1, 0.15) is 6.61 Å². The minimum atomic E-state index is 0.358. The zero-order valence-corrected chi connectivity index (χ0v) is 19.3. The molecule has 0 bridgehead atoms. The molecule has 31 heavy (non-hydrogen) atoms. The fourth-order valence-corrected chi connectivity index (χ4v) is 3.57. The highest BCUT2D eigenvalue weighted by atomic mass is 79.9. The van der Waals surface area contributed by atoms with E-state index >= 15 is 0 Å². The standard InChI is InChI=1S/C24H21BrClN3O2/c1-2-30-23-12-19(14-28-29-15-20-5-3-4-6-22(20)26)11-21(25)24(23)31-16-18-9-7-17(13-27)8-10-18/h3-12,14,29H,2,15-16H2,1H3/b28-14-. The molecule has 0 aliphatic heterocycles. The predicted molar refractivity (Wildman–Crippen MR) is 127 cm³/mol. The molecule has 0 saturated heterocycles. The van der Waals surface area contributed by atoms with E-state index in [1.165, 1.54) is 0 Å². The molecular formula is C24H21BrClN3O2. The van der Waals surface area contributed by atoms with E-state index in [2.05, 4.69) is 32.5 Å². The number of ether oxygens (including phenoxy) is 2. The van der Waals surface area contributed by atoms with Crippen LogP contribution in [0.2, 0.25) is 5.02 Å². The van der Waals surface area contributed by atoms with Gasteiger partial charge >= 0.3 is 0 Å². The minimum Gasteiger partial charge on any atom is -0.490 e. The smallest absolute Gasteiger partial charge is 0.175 e. The van der Waals surface area contributed by atoms with Gasteiger partial charge in [-0.05, 0) is 69.9 Å². The lowest BCUT2D eigenvalue weighted by Gasteiger charge is -2.15. The van der Waals surface area contributed by atoms with Crippen LogP contribution in [0.4, 0.5) is 0 Å². The summed E-state index contributed by atoms with van der Waals surface area (Å²) in [6.45, 7) is 3.31. The molecule has 3 rings (SSSR count). The Balaban J connectivity index is 1.68. The second-order valence-corrected chi connectivity index (χ2v) is 7.81. The molecule has 0 atom stereocenters. The van der Waals surface area contributed by atoms with Gasteiger partial charge in [0.25, 0.3) is 0 Å². The third-order valence-corrected chi connectivity index (χ3v) is 5.29. The van der Waals surface area contributed by atoms with E-state index in [0.29, 0.717) is 41.8 Å². The van der Waals surface area contributed by atoms with Gasteiger partial charge in [-0.15, -0.1) is 0 Å². The van der Waals surface area contributed by atoms with Crippen molar-refractivity contribution in [2.45, 2.75) is 20.1 Å². The van der Waals surface area contributed by atoms with Crippen LogP contribution in [-0.4, -0.2) is 12.8 Å². The maximum absolute atomic E-state index is 8.92. The van der Waals surface area contributed by atoms with E-state index in [1.807, 2.05) is 55.5 Å². The minimum absolute atomic E-state index is 0.358. The Morgan fingerprint density at radius 1 is 1.13 bits per heavy atom. The lowest BCUT2D eigenvalue weighted by atomic mass is 10.1. The van der Waals surface area contributed by atoms with Crippen molar-refractivity contribution in [3.63, 3.8) is 0 Å². The molecule has 0 amide bonds. The van der Waals surface area contributed by atoms with Gasteiger partial charge in [-0.3, -0.25) is 0 Å². The first kappa shape index (κ1) is 22.7. The number of halogens is 2. The summed E-state index contributed by atoms with van der Waals surface area (Å²) in [4.78, 5) is 0. The fraction of sp³-hybridized carbons (Fsp3) is 0.167. The van der Waals surface area contributed by atoms with Crippen LogP contribution in [0.15, 0.2) is 70.2 Å². The van der Waals surface area contributed by atoms with Gasteiger partial charge in [0.2, 0.25) is 0 Å². The van der Waals surface area contributed by atoms with Gasteiger partial charge in [0.15, 0.2) is 11.5 Å². The zero-order valence-electron chi connectivity index (χ0n) is 16.9. The third-order valence-electron chi connectivity index (χ3n) is 4.33. The lowest BCUT2D eigenvalue weighted by molar-refractivity contribution is 0.267. The molecule has 0 aliphatic rings. The summed E-state index contributed by atoms with van der Waals surface area (Å²) < 4.78 is 12.5. The predicted octanol–water partition coefficient (Wildman–Crippen LogP) is 6.08. The summed E-state index contributed by atoms with van der Waals surface area (Å²) in [5.41, 5.74) is 6.42. The summed E-state index contributed by atoms with van der Waals surface area (Å²) in [6, 6.07) is 20.8. The highest BCUT2D eigenvalue weighted by molar-refractivity contribution is 9.10. The SMILES string of the molecule is CCOc1cc(/C=N\NCc2ccccc2Cl)cc(Br)c1OCc1ccc(C#N)cc1. The Labute approximate surface area is 195 Å². The van der Waals surface area contributed by atoms with Gasteiger partial charge in [-0.25, -0.2) is 0 Å². The molecule has 0 radical (unpaired) electrons. The van der Waals surface area contributed by atoms with Crippen LogP contribution < -0.4 is 14.9 Å². The monoisotopic (exact) mass is 497 g/mol. The second kappa shape index (κ2) is 11.4. The van der Waals surface area contributed by atoms with Crippen molar-refractivity contribution in [1.82, 2.24) is 5.43 Å². The van der Waals surface area contributed by atoms with E-state index in [9.17, 15) is 0 Å². The number of nitriles is 1. The Morgan fingerprint density at radius 2 is 1.90 bits per heavy atom. The molecule has 0 aromatic heterocycles. The number of nitrogens with one attached hydrogen (secondary N) is 1. The average molecular weight is 499 g/mol. The summed E-state index contributed by atoms with van der Waals surface area (Å²) in [5.74, 6) is 1.24. The Morgan fingerprint density at radius 3 is 2.61 bits per heavy atom. The second-order valence-electron chi connectivity index (χ2n) is 6.54. The van der Waals surface area contributed by atoms with Gasteiger partial charge in [-0.2, -0.15) is 10.4 Å². The lowest BCUT2D eigenvalue weighted by Crippen LogP contribution is -2.06. The maximum Gasteiger partial charge on any atom is 0.175 e. The van der Waals surface area contributed by atoms with E-state index in [0.717, 1.165) is 21.2 Å². The summed E-state index contributed by atoms with van der Waals surface area (Å²) in [5, 5.41) is 13.9. The van der Waals surface area contributed by atoms with Crippen LogP contribution in [0.1, 0.15) is 29.2 Å². The van der Waals surface area contributed by atoms with Crippen LogP contribution in [-0.2, 0) is 13.2 Å². The van der Waals surface area contributed by atoms with Crippen LogP contribution in [0.5, 0.6) is 11.5 Å². The third kappa shape index (κ3) is 6.48. The van der Waals surface area contributed by atoms with Crippen molar-refractivity contribution >= 4 is 33.7 Å². The van der Waals surface area contributed by atoms with Crippen LogP contribution in [0, 0.1) is 11.3 Å². The number of hydrazone groups is 1. The Kier molecular flexibility index (Phi) is 8.34. The van der Waals surface area contributed by atoms with Crippen LogP contribution in [0.3, 0.4) is 0 Å². The van der Waals surface area contributed by atoms with E-state index in [-0.39, 0.29) is 0 Å². The number of hydrogen-bond acceptors (Lipinski definition) is 5. The summed E-state index contributed by atoms with van der Waals surface area (Å²) in [6.07, 6.45) is 1.72. The molecular weight excluding hydrogens is 478 g/mol. The largest absolute Gasteiger partial charge is 0.490 e. The van der Waals surface area contributed by atoms with E-state index in [1.54, 1.807) is 18.3 Å². The van der Waals surface area contributed by atoms with Crippen molar-refractivity contribution in [3.8, 4) is 17.6 Å². The first-order chi connectivity index (χ1) is 15.1. The van der Waals surface area contributed by atoms with Crippen LogP contribution in [0.25, 0.3) is 0 Å². The maximum atomic E-state index is 8.92. The van der Waals surface area contributed by atoms with Gasteiger partial charge in [0.05, 0.1) is 35.5 Å². The molecule has 1 N–H and O–H groups in total. The van der Waals surface area contributed by atoms with Gasteiger partial charge in [-0.1, -0.05) is 41.9 Å². The Hall–Kier alpha value is -3.01. The number of rotatable bonds is 9. The highest BCUT2D eigenvalue weighted by Gasteiger charge is 2.12. The number of nitrogens with zero attached hydrogens (tertiary/aromatic N) is 2. The number of benzene rings is 3. The van der Waals surface area contributed by atoms with Crippen molar-refractivity contribution in [3.05, 3.63) is 92.4 Å². The molecule has 0 spiro atoms. The molecule has 0 unspecified atom stereocenters. The highest BCUT2D eigenvalue weighted by Crippen LogP contribution is 2.37. The summed E-state index contributed by atoms with van der Waals surface area (Å²) >= 11 is 9.73. The summed E-state index contributed by atoms with van der Waals surface area (Å²) in [7, 11) is 0. The van der Waals surface area contributed by atoms with E-state index in [4.69, 9.17) is 26.3 Å².